The third-order valence-corrected chi connectivity index (χ3v) is 4.00. The Bertz CT molecular complexity index is 527. The van der Waals surface area contributed by atoms with Gasteiger partial charge in [0.2, 0.25) is 5.60 Å². The lowest BCUT2D eigenvalue weighted by Gasteiger charge is -2.29. The van der Waals surface area contributed by atoms with Gasteiger partial charge in [-0.25, -0.2) is 4.99 Å². The minimum atomic E-state index is -1.98. The molecule has 0 saturated carbocycles. The van der Waals surface area contributed by atoms with Gasteiger partial charge in [0, 0.05) is 0 Å². The van der Waals surface area contributed by atoms with E-state index >= 15 is 0 Å². The molecule has 128 valence electrons. The van der Waals surface area contributed by atoms with Crippen molar-refractivity contribution in [1.82, 2.24) is 0 Å². The van der Waals surface area contributed by atoms with Crippen LogP contribution in [0.3, 0.4) is 0 Å². The van der Waals surface area contributed by atoms with Crippen LogP contribution in [-0.2, 0) is 9.59 Å². The van der Waals surface area contributed by atoms with Gasteiger partial charge in [0.1, 0.15) is 0 Å². The van der Waals surface area contributed by atoms with Gasteiger partial charge in [-0.15, -0.1) is 0 Å². The summed E-state index contributed by atoms with van der Waals surface area (Å²) in [5.41, 5.74) is -1.50. The van der Waals surface area contributed by atoms with Crippen LogP contribution in [0.5, 0.6) is 0 Å². The van der Waals surface area contributed by atoms with Crippen LogP contribution in [0.15, 0.2) is 29.3 Å². The van der Waals surface area contributed by atoms with Gasteiger partial charge in [-0.2, -0.15) is 0 Å². The molecule has 0 aliphatic carbocycles. The van der Waals surface area contributed by atoms with E-state index in [0.717, 1.165) is 12.8 Å². The molecular formula is C19H29NO3. The molecule has 1 aliphatic heterocycles. The summed E-state index contributed by atoms with van der Waals surface area (Å²) in [7, 11) is 0. The fourth-order valence-corrected chi connectivity index (χ4v) is 2.51. The van der Waals surface area contributed by atoms with Crippen LogP contribution in [0.25, 0.3) is 0 Å². The van der Waals surface area contributed by atoms with Gasteiger partial charge in [-0.05, 0) is 37.7 Å². The van der Waals surface area contributed by atoms with E-state index in [0.29, 0.717) is 24.0 Å². The number of allylic oxidation sites excluding steroid dienone is 4. The quantitative estimate of drug-likeness (QED) is 0.577. The summed E-state index contributed by atoms with van der Waals surface area (Å²) >= 11 is 0. The van der Waals surface area contributed by atoms with E-state index < -0.39 is 23.2 Å². The summed E-state index contributed by atoms with van der Waals surface area (Å²) in [5, 5.41) is 10.0. The Morgan fingerprint density at radius 2 is 1.91 bits per heavy atom. The Kier molecular flexibility index (Phi) is 7.07. The maximum absolute atomic E-state index is 12.4. The molecule has 0 radical (unpaired) electrons. The van der Waals surface area contributed by atoms with Crippen LogP contribution < -0.4 is 0 Å². The van der Waals surface area contributed by atoms with Gasteiger partial charge in [0.15, 0.2) is 5.78 Å². The molecule has 0 aromatic heterocycles. The number of rotatable bonds is 7. The van der Waals surface area contributed by atoms with Crippen molar-refractivity contribution in [3.05, 3.63) is 24.3 Å². The third-order valence-electron chi connectivity index (χ3n) is 4.00. The Hall–Kier alpha value is -1.55. The minimum Gasteiger partial charge on any atom is -0.373 e. The Morgan fingerprint density at radius 3 is 2.48 bits per heavy atom. The molecule has 1 rings (SSSR count). The first kappa shape index (κ1) is 19.5. The first-order valence-electron chi connectivity index (χ1n) is 8.44. The topological polar surface area (TPSA) is 66.7 Å². The molecule has 0 saturated heterocycles. The summed E-state index contributed by atoms with van der Waals surface area (Å²) in [5.74, 6) is -0.876. The summed E-state index contributed by atoms with van der Waals surface area (Å²) in [6.07, 6.45) is 10.3. The Balaban J connectivity index is 2.89. The van der Waals surface area contributed by atoms with Crippen molar-refractivity contribution < 1.29 is 14.7 Å². The van der Waals surface area contributed by atoms with Crippen LogP contribution >= 0.6 is 0 Å². The molecule has 1 heterocycles. The van der Waals surface area contributed by atoms with Crippen LogP contribution in [0.4, 0.5) is 0 Å². The minimum absolute atomic E-state index is 0.294. The first-order chi connectivity index (χ1) is 10.7. The zero-order valence-electron chi connectivity index (χ0n) is 14.9. The Labute approximate surface area is 139 Å². The molecule has 1 aliphatic rings. The van der Waals surface area contributed by atoms with Gasteiger partial charge >= 0.3 is 0 Å². The lowest BCUT2D eigenvalue weighted by atomic mass is 9.80. The molecule has 3 atom stereocenters. The highest BCUT2D eigenvalue weighted by Gasteiger charge is 2.47. The number of nitrogens with zero attached hydrogens (tertiary/aromatic N) is 1. The number of carbonyl (C=O) groups is 2. The van der Waals surface area contributed by atoms with E-state index in [1.165, 1.54) is 6.92 Å². The molecule has 4 nitrogen and oxygen atoms in total. The number of hydrogen-bond acceptors (Lipinski definition) is 3. The monoisotopic (exact) mass is 319 g/mol. The number of carbonyl (C=O) groups excluding carboxylic acids is 2. The maximum Gasteiger partial charge on any atom is 0.285 e. The SMILES string of the molecule is CCCC1C(=O)C(C)(O)C(=O)N=C1/C=C/C(C)C/C=C/C(C)C. The van der Waals surface area contributed by atoms with E-state index in [2.05, 4.69) is 37.9 Å². The lowest BCUT2D eigenvalue weighted by Crippen LogP contribution is -2.51. The van der Waals surface area contributed by atoms with Gasteiger partial charge in [-0.3, -0.25) is 9.59 Å². The van der Waals surface area contributed by atoms with E-state index in [9.17, 15) is 14.7 Å². The highest BCUT2D eigenvalue weighted by Crippen LogP contribution is 2.26. The average Bonchev–Trinajstić information content (AvgIpc) is 2.46. The molecule has 0 bridgehead atoms. The van der Waals surface area contributed by atoms with E-state index in [4.69, 9.17) is 0 Å². The molecule has 4 heteroatoms. The molecule has 0 aromatic rings. The molecule has 3 unspecified atom stereocenters. The zero-order valence-corrected chi connectivity index (χ0v) is 14.9. The number of aliphatic imine (C=N–C) groups is 1. The normalized spacial score (nSPS) is 27.3. The van der Waals surface area contributed by atoms with Crippen molar-refractivity contribution in [1.29, 1.82) is 0 Å². The van der Waals surface area contributed by atoms with Gasteiger partial charge < -0.3 is 5.11 Å². The van der Waals surface area contributed by atoms with Crippen molar-refractivity contribution in [2.24, 2.45) is 22.7 Å². The number of ketones is 1. The van der Waals surface area contributed by atoms with Crippen molar-refractivity contribution in [3.63, 3.8) is 0 Å². The second-order valence-corrected chi connectivity index (χ2v) is 6.86. The number of hydrogen-bond donors (Lipinski definition) is 1. The molecule has 0 spiro atoms. The maximum atomic E-state index is 12.4. The zero-order chi connectivity index (χ0) is 17.6. The second-order valence-electron chi connectivity index (χ2n) is 6.86. The molecule has 0 fully saturated rings. The fraction of sp³-hybridized carbons (Fsp3) is 0.632. The molecule has 1 amide bonds. The summed E-state index contributed by atoms with van der Waals surface area (Å²) in [6, 6.07) is 0. The van der Waals surface area contributed by atoms with Crippen LogP contribution in [0, 0.1) is 17.8 Å². The number of aliphatic hydroxyl groups is 1. The van der Waals surface area contributed by atoms with E-state index in [-0.39, 0.29) is 0 Å². The summed E-state index contributed by atoms with van der Waals surface area (Å²) in [4.78, 5) is 28.2. The van der Waals surface area contributed by atoms with E-state index in [1.54, 1.807) is 6.08 Å². The van der Waals surface area contributed by atoms with Crippen molar-refractivity contribution in [2.75, 3.05) is 0 Å². The lowest BCUT2D eigenvalue weighted by molar-refractivity contribution is -0.150. The fourth-order valence-electron chi connectivity index (χ4n) is 2.51. The molecule has 23 heavy (non-hydrogen) atoms. The number of amides is 1. The summed E-state index contributed by atoms with van der Waals surface area (Å²) < 4.78 is 0. The standard InChI is InChI=1S/C19H29NO3/c1-6-8-15-16(20-18(22)19(5,23)17(15)21)12-11-14(4)10-7-9-13(2)3/h7,9,11-15,23H,6,8,10H2,1-5H3/b9-7+,12-11+. The predicted octanol–water partition coefficient (Wildman–Crippen LogP) is 3.50. The first-order valence-corrected chi connectivity index (χ1v) is 8.44. The summed E-state index contributed by atoms with van der Waals surface area (Å²) in [6.45, 7) is 9.56. The molecular weight excluding hydrogens is 290 g/mol. The molecule has 0 aromatic carbocycles. The largest absolute Gasteiger partial charge is 0.373 e. The predicted molar refractivity (Wildman–Crippen MR) is 93.4 cm³/mol. The van der Waals surface area contributed by atoms with Gasteiger partial charge in [0.25, 0.3) is 5.91 Å². The highest BCUT2D eigenvalue weighted by molar-refractivity contribution is 6.26. The average molecular weight is 319 g/mol. The smallest absolute Gasteiger partial charge is 0.285 e. The number of Topliss-reactive ketones (excluding diaryl/α,β-unsaturated/α-hetero) is 1. The van der Waals surface area contributed by atoms with Crippen LogP contribution in [0.1, 0.15) is 53.9 Å². The Morgan fingerprint density at radius 1 is 1.26 bits per heavy atom. The van der Waals surface area contributed by atoms with Crippen molar-refractivity contribution in [3.8, 4) is 0 Å². The molecule has 1 N–H and O–H groups in total. The van der Waals surface area contributed by atoms with Gasteiger partial charge in [0.05, 0.1) is 11.6 Å². The highest BCUT2D eigenvalue weighted by atomic mass is 16.3. The third kappa shape index (κ3) is 5.24. The second kappa shape index (κ2) is 8.34. The van der Waals surface area contributed by atoms with Gasteiger partial charge in [-0.1, -0.05) is 52.3 Å². The van der Waals surface area contributed by atoms with Crippen LogP contribution in [-0.4, -0.2) is 28.1 Å². The van der Waals surface area contributed by atoms with E-state index in [1.807, 2.05) is 13.0 Å². The van der Waals surface area contributed by atoms with Crippen molar-refractivity contribution in [2.45, 2.75) is 59.5 Å². The van der Waals surface area contributed by atoms with Crippen molar-refractivity contribution >= 4 is 17.4 Å². The van der Waals surface area contributed by atoms with Crippen LogP contribution in [0.2, 0.25) is 0 Å².